The number of esters is 1. The lowest BCUT2D eigenvalue weighted by Gasteiger charge is -2.25. The average Bonchev–Trinajstić information content (AvgIpc) is 3.33. The summed E-state index contributed by atoms with van der Waals surface area (Å²) < 4.78 is 29.8. The van der Waals surface area contributed by atoms with E-state index in [0.717, 1.165) is 5.56 Å². The highest BCUT2D eigenvalue weighted by atomic mass is 35.5. The van der Waals surface area contributed by atoms with Crippen LogP contribution in [0.25, 0.3) is 6.08 Å². The molecule has 0 fully saturated rings. The van der Waals surface area contributed by atoms with Crippen LogP contribution in [0.5, 0.6) is 23.0 Å². The van der Waals surface area contributed by atoms with Crippen LogP contribution in [0.1, 0.15) is 36.6 Å². The molecule has 1 aromatic heterocycles. The summed E-state index contributed by atoms with van der Waals surface area (Å²) in [5, 5.41) is 1.04. The van der Waals surface area contributed by atoms with Crippen LogP contribution in [0.4, 0.5) is 0 Å². The molecule has 0 radical (unpaired) electrons. The molecular formula is C33H30Cl2N2O7S. The summed E-state index contributed by atoms with van der Waals surface area (Å²) in [7, 11) is 4.60. The molecule has 0 spiro atoms. The van der Waals surface area contributed by atoms with Gasteiger partial charge in [-0.2, -0.15) is 0 Å². The highest BCUT2D eigenvalue weighted by molar-refractivity contribution is 7.07. The van der Waals surface area contributed by atoms with Gasteiger partial charge in [-0.3, -0.25) is 9.36 Å². The second-order valence-electron chi connectivity index (χ2n) is 9.85. The van der Waals surface area contributed by atoms with Crippen LogP contribution < -0.4 is 33.8 Å². The molecule has 0 saturated carbocycles. The normalized spacial score (nSPS) is 14.5. The Labute approximate surface area is 273 Å². The third kappa shape index (κ3) is 6.58. The minimum Gasteiger partial charge on any atom is -0.493 e. The highest BCUT2D eigenvalue weighted by Gasteiger charge is 2.34. The van der Waals surface area contributed by atoms with Crippen LogP contribution in [-0.2, 0) is 16.1 Å². The van der Waals surface area contributed by atoms with Crippen molar-refractivity contribution in [3.63, 3.8) is 0 Å². The van der Waals surface area contributed by atoms with E-state index in [4.69, 9.17) is 46.9 Å². The lowest BCUT2D eigenvalue weighted by molar-refractivity contribution is -0.139. The van der Waals surface area contributed by atoms with E-state index in [1.165, 1.54) is 37.2 Å². The van der Waals surface area contributed by atoms with Crippen molar-refractivity contribution >= 4 is 46.6 Å². The number of halogens is 2. The van der Waals surface area contributed by atoms with Crippen molar-refractivity contribution in [3.8, 4) is 23.0 Å². The number of fused-ring (bicyclic) bond motifs is 1. The molecule has 1 atom stereocenters. The molecule has 0 N–H and O–H groups in total. The van der Waals surface area contributed by atoms with Crippen molar-refractivity contribution in [2.45, 2.75) is 26.5 Å². The fraction of sp³-hybridized carbons (Fsp3) is 0.242. The third-order valence-electron chi connectivity index (χ3n) is 7.12. The zero-order valence-corrected chi connectivity index (χ0v) is 27.5. The van der Waals surface area contributed by atoms with Crippen molar-refractivity contribution in [3.05, 3.63) is 112 Å². The summed E-state index contributed by atoms with van der Waals surface area (Å²) in [6.07, 6.45) is 1.75. The van der Waals surface area contributed by atoms with Crippen molar-refractivity contribution in [2.24, 2.45) is 4.99 Å². The molecule has 45 heavy (non-hydrogen) atoms. The van der Waals surface area contributed by atoms with Gasteiger partial charge in [0.1, 0.15) is 6.61 Å². The SMILES string of the molecule is CCOC(=O)C1=C(C)N=c2s/c(=C\c3ccc(OCc4ccc(Cl)cc4Cl)c(OC)c3)c(=O)n2[C@@H]1c1ccc(OC)c(OC)c1. The number of methoxy groups -OCH3 is 3. The first kappa shape index (κ1) is 32.2. The van der Waals surface area contributed by atoms with Crippen LogP contribution >= 0.6 is 34.5 Å². The summed E-state index contributed by atoms with van der Waals surface area (Å²) in [4.78, 5) is 32.3. The molecule has 0 amide bonds. The Morgan fingerprint density at radius 2 is 1.67 bits per heavy atom. The molecular weight excluding hydrogens is 639 g/mol. The predicted molar refractivity (Wildman–Crippen MR) is 174 cm³/mol. The Morgan fingerprint density at radius 3 is 2.36 bits per heavy atom. The van der Waals surface area contributed by atoms with E-state index < -0.39 is 12.0 Å². The lowest BCUT2D eigenvalue weighted by Crippen LogP contribution is -2.39. The summed E-state index contributed by atoms with van der Waals surface area (Å²) in [6.45, 7) is 3.85. The molecule has 9 nitrogen and oxygen atoms in total. The Kier molecular flexibility index (Phi) is 9.86. The number of nitrogens with zero attached hydrogens (tertiary/aromatic N) is 2. The topological polar surface area (TPSA) is 97.6 Å². The monoisotopic (exact) mass is 668 g/mol. The molecule has 0 aliphatic carbocycles. The zero-order chi connectivity index (χ0) is 32.2. The molecule has 1 aliphatic heterocycles. The highest BCUT2D eigenvalue weighted by Crippen LogP contribution is 2.36. The van der Waals surface area contributed by atoms with Gasteiger partial charge in [0.15, 0.2) is 27.8 Å². The molecule has 234 valence electrons. The van der Waals surface area contributed by atoms with Crippen LogP contribution in [0.2, 0.25) is 10.0 Å². The smallest absolute Gasteiger partial charge is 0.338 e. The standard InChI is InChI=1S/C33H30Cl2N2O7S/c1-6-43-32(39)29-18(2)36-33-37(30(29)20-9-12-24(40-3)27(15-20)42-5)31(38)28(45-33)14-19-7-11-25(26(13-19)41-4)44-17-21-8-10-22(34)16-23(21)35/h7-16,30H,6,17H2,1-5H3/b28-14-/t30-/m1/s1. The Bertz CT molecular complexity index is 1980. The van der Waals surface area contributed by atoms with Crippen molar-refractivity contribution < 1.29 is 28.5 Å². The third-order valence-corrected chi connectivity index (χ3v) is 8.69. The molecule has 0 saturated heterocycles. The molecule has 5 rings (SSSR count). The maximum Gasteiger partial charge on any atom is 0.338 e. The molecule has 1 aliphatic rings. The molecule has 0 unspecified atom stereocenters. The molecule has 4 aromatic rings. The van der Waals surface area contributed by atoms with E-state index in [1.807, 2.05) is 6.07 Å². The Hall–Kier alpha value is -4.25. The second-order valence-corrected chi connectivity index (χ2v) is 11.7. The first-order valence-electron chi connectivity index (χ1n) is 13.8. The van der Waals surface area contributed by atoms with E-state index in [-0.39, 0.29) is 24.3 Å². The number of hydrogen-bond acceptors (Lipinski definition) is 9. The van der Waals surface area contributed by atoms with E-state index in [0.29, 0.717) is 59.2 Å². The van der Waals surface area contributed by atoms with E-state index in [9.17, 15) is 9.59 Å². The van der Waals surface area contributed by atoms with Gasteiger partial charge in [0, 0.05) is 15.6 Å². The number of rotatable bonds is 10. The Balaban J connectivity index is 1.56. The number of allylic oxidation sites excluding steroid dienone is 1. The van der Waals surface area contributed by atoms with Crippen LogP contribution in [-0.4, -0.2) is 38.5 Å². The fourth-order valence-corrected chi connectivity index (χ4v) is 6.48. The fourth-order valence-electron chi connectivity index (χ4n) is 4.97. The Morgan fingerprint density at radius 1 is 0.956 bits per heavy atom. The summed E-state index contributed by atoms with van der Waals surface area (Å²) in [5.41, 5.74) is 2.54. The van der Waals surface area contributed by atoms with E-state index >= 15 is 0 Å². The van der Waals surface area contributed by atoms with Gasteiger partial charge in [-0.15, -0.1) is 0 Å². The van der Waals surface area contributed by atoms with E-state index in [1.54, 1.807) is 68.5 Å². The number of hydrogen-bond donors (Lipinski definition) is 0. The van der Waals surface area contributed by atoms with Crippen LogP contribution in [0.15, 0.2) is 75.7 Å². The summed E-state index contributed by atoms with van der Waals surface area (Å²) in [6, 6.07) is 15.0. The van der Waals surface area contributed by atoms with Crippen LogP contribution in [0.3, 0.4) is 0 Å². The molecule has 2 heterocycles. The number of thiazole rings is 1. The van der Waals surface area contributed by atoms with Crippen molar-refractivity contribution in [1.82, 2.24) is 4.57 Å². The van der Waals surface area contributed by atoms with Crippen molar-refractivity contribution in [2.75, 3.05) is 27.9 Å². The van der Waals surface area contributed by atoms with Gasteiger partial charge in [-0.25, -0.2) is 9.79 Å². The minimum atomic E-state index is -0.799. The quantitative estimate of drug-likeness (QED) is 0.200. The van der Waals surface area contributed by atoms with Gasteiger partial charge in [0.25, 0.3) is 5.56 Å². The van der Waals surface area contributed by atoms with Gasteiger partial charge >= 0.3 is 5.97 Å². The maximum absolute atomic E-state index is 14.0. The van der Waals surface area contributed by atoms with Gasteiger partial charge in [-0.05, 0) is 67.4 Å². The minimum absolute atomic E-state index is 0.174. The van der Waals surface area contributed by atoms with Gasteiger partial charge < -0.3 is 23.7 Å². The maximum atomic E-state index is 14.0. The number of aromatic nitrogens is 1. The van der Waals surface area contributed by atoms with Crippen molar-refractivity contribution in [1.29, 1.82) is 0 Å². The van der Waals surface area contributed by atoms with Gasteiger partial charge in [0.05, 0.1) is 49.8 Å². The number of carbonyl (C=O) groups is 1. The first-order valence-corrected chi connectivity index (χ1v) is 15.4. The second kappa shape index (κ2) is 13.8. The predicted octanol–water partition coefficient (Wildman–Crippen LogP) is 5.71. The first-order chi connectivity index (χ1) is 21.7. The molecule has 12 heteroatoms. The van der Waals surface area contributed by atoms with Crippen LogP contribution in [0, 0.1) is 0 Å². The van der Waals surface area contributed by atoms with Gasteiger partial charge in [0.2, 0.25) is 0 Å². The van der Waals surface area contributed by atoms with Gasteiger partial charge in [-0.1, -0.05) is 52.7 Å². The summed E-state index contributed by atoms with van der Waals surface area (Å²) >= 11 is 13.5. The average molecular weight is 670 g/mol. The zero-order valence-electron chi connectivity index (χ0n) is 25.2. The number of ether oxygens (including phenoxy) is 5. The van der Waals surface area contributed by atoms with E-state index in [2.05, 4.69) is 4.99 Å². The number of carbonyl (C=O) groups excluding carboxylic acids is 1. The largest absolute Gasteiger partial charge is 0.493 e. The molecule has 3 aromatic carbocycles. The number of benzene rings is 3. The lowest BCUT2D eigenvalue weighted by atomic mass is 9.95. The molecule has 0 bridgehead atoms. The summed E-state index contributed by atoms with van der Waals surface area (Å²) in [5.74, 6) is 1.41.